The van der Waals surface area contributed by atoms with Crippen LogP contribution in [0.4, 0.5) is 5.69 Å². The number of para-hydroxylation sites is 1. The SMILES string of the molecule is CC1C=C[C@@H](C)S[C@@]12C=CC(=O)N2c1ccccc1. The Hall–Kier alpha value is -1.48. The molecule has 0 bridgehead atoms. The van der Waals surface area contributed by atoms with Crippen molar-refractivity contribution in [3.8, 4) is 0 Å². The van der Waals surface area contributed by atoms with E-state index < -0.39 is 0 Å². The smallest absolute Gasteiger partial charge is 0.252 e. The molecule has 0 saturated carbocycles. The molecule has 1 unspecified atom stereocenters. The molecule has 98 valence electrons. The Kier molecular flexibility index (Phi) is 3.02. The average molecular weight is 271 g/mol. The van der Waals surface area contributed by atoms with Crippen LogP contribution in [0.15, 0.2) is 54.6 Å². The molecule has 2 heterocycles. The summed E-state index contributed by atoms with van der Waals surface area (Å²) in [6, 6.07) is 9.94. The standard InChI is InChI=1S/C16H17NOS/c1-12-8-9-13(2)19-16(12)11-10-15(18)17(16)14-6-4-3-5-7-14/h3-13H,1-2H3/t12?,13-,16+/m1/s1. The molecule has 0 fully saturated rings. The maximum Gasteiger partial charge on any atom is 0.252 e. The van der Waals surface area contributed by atoms with Gasteiger partial charge in [0.1, 0.15) is 4.87 Å². The molecule has 2 nitrogen and oxygen atoms in total. The second-order valence-corrected chi connectivity index (χ2v) is 6.72. The van der Waals surface area contributed by atoms with Gasteiger partial charge in [0.2, 0.25) is 0 Å². The average Bonchev–Trinajstić information content (AvgIpc) is 2.73. The summed E-state index contributed by atoms with van der Waals surface area (Å²) in [7, 11) is 0. The fraction of sp³-hybridized carbons (Fsp3) is 0.312. The highest BCUT2D eigenvalue weighted by Gasteiger charge is 2.48. The molecular weight excluding hydrogens is 254 g/mol. The van der Waals surface area contributed by atoms with E-state index in [0.29, 0.717) is 11.2 Å². The van der Waals surface area contributed by atoms with E-state index in [1.54, 1.807) is 6.08 Å². The first-order valence-corrected chi connectivity index (χ1v) is 7.46. The van der Waals surface area contributed by atoms with E-state index in [1.807, 2.05) is 47.0 Å². The monoisotopic (exact) mass is 271 g/mol. The van der Waals surface area contributed by atoms with Crippen LogP contribution in [0.25, 0.3) is 0 Å². The number of amides is 1. The summed E-state index contributed by atoms with van der Waals surface area (Å²) in [5.74, 6) is 0.379. The number of hydrogen-bond donors (Lipinski definition) is 0. The molecule has 1 spiro atoms. The first-order chi connectivity index (χ1) is 9.13. The third-order valence-corrected chi connectivity index (χ3v) is 5.34. The van der Waals surface area contributed by atoms with Crippen molar-refractivity contribution in [2.45, 2.75) is 24.0 Å². The number of nitrogens with zero attached hydrogens (tertiary/aromatic N) is 1. The summed E-state index contributed by atoms with van der Waals surface area (Å²) in [6.07, 6.45) is 8.22. The Morgan fingerprint density at radius 2 is 1.89 bits per heavy atom. The normalized spacial score (nSPS) is 33.4. The molecule has 0 N–H and O–H groups in total. The van der Waals surface area contributed by atoms with Crippen LogP contribution in [0.5, 0.6) is 0 Å². The summed E-state index contributed by atoms with van der Waals surface area (Å²) < 4.78 is 0. The minimum Gasteiger partial charge on any atom is -0.290 e. The van der Waals surface area contributed by atoms with Crippen LogP contribution in [0.1, 0.15) is 13.8 Å². The van der Waals surface area contributed by atoms with Crippen molar-refractivity contribution in [1.82, 2.24) is 0 Å². The molecule has 19 heavy (non-hydrogen) atoms. The summed E-state index contributed by atoms with van der Waals surface area (Å²) in [4.78, 5) is 14.0. The first kappa shape index (κ1) is 12.5. The zero-order valence-corrected chi connectivity index (χ0v) is 11.9. The van der Waals surface area contributed by atoms with Crippen LogP contribution in [-0.2, 0) is 4.79 Å². The van der Waals surface area contributed by atoms with Crippen molar-refractivity contribution in [1.29, 1.82) is 0 Å². The van der Waals surface area contributed by atoms with Gasteiger partial charge in [-0.05, 0) is 25.1 Å². The molecule has 1 aromatic carbocycles. The number of rotatable bonds is 1. The number of benzene rings is 1. The lowest BCUT2D eigenvalue weighted by Gasteiger charge is -2.44. The van der Waals surface area contributed by atoms with Crippen molar-refractivity contribution >= 4 is 23.4 Å². The maximum atomic E-state index is 12.3. The van der Waals surface area contributed by atoms with Gasteiger partial charge in [-0.2, -0.15) is 0 Å². The molecule has 3 rings (SSSR count). The Labute approximate surface area is 118 Å². The molecule has 3 heteroatoms. The van der Waals surface area contributed by atoms with Gasteiger partial charge in [0.05, 0.1) is 0 Å². The van der Waals surface area contributed by atoms with Crippen molar-refractivity contribution in [3.05, 3.63) is 54.6 Å². The van der Waals surface area contributed by atoms with Crippen LogP contribution in [-0.4, -0.2) is 16.0 Å². The van der Waals surface area contributed by atoms with Crippen LogP contribution in [0.2, 0.25) is 0 Å². The molecule has 1 amide bonds. The highest BCUT2D eigenvalue weighted by atomic mass is 32.2. The second-order valence-electron chi connectivity index (χ2n) is 5.09. The summed E-state index contributed by atoms with van der Waals surface area (Å²) in [5, 5.41) is 0.415. The van der Waals surface area contributed by atoms with Gasteiger partial charge >= 0.3 is 0 Å². The molecule has 0 radical (unpaired) electrons. The molecule has 1 aromatic rings. The minimum atomic E-state index is -0.271. The highest BCUT2D eigenvalue weighted by Crippen LogP contribution is 2.49. The van der Waals surface area contributed by atoms with Crippen molar-refractivity contribution in [2.75, 3.05) is 4.90 Å². The topological polar surface area (TPSA) is 20.3 Å². The largest absolute Gasteiger partial charge is 0.290 e. The first-order valence-electron chi connectivity index (χ1n) is 6.58. The lowest BCUT2D eigenvalue weighted by Crippen LogP contribution is -2.50. The van der Waals surface area contributed by atoms with E-state index in [0.717, 1.165) is 5.69 Å². The van der Waals surface area contributed by atoms with E-state index in [-0.39, 0.29) is 10.8 Å². The number of hydrogen-bond acceptors (Lipinski definition) is 2. The maximum absolute atomic E-state index is 12.3. The Balaban J connectivity index is 2.07. The predicted molar refractivity (Wildman–Crippen MR) is 81.2 cm³/mol. The molecule has 3 atom stereocenters. The third-order valence-electron chi connectivity index (χ3n) is 3.75. The number of thioether (sulfide) groups is 1. The zero-order valence-electron chi connectivity index (χ0n) is 11.1. The second kappa shape index (κ2) is 4.57. The summed E-state index contributed by atoms with van der Waals surface area (Å²) >= 11 is 1.84. The van der Waals surface area contributed by atoms with Gasteiger partial charge in [0.25, 0.3) is 5.91 Å². The zero-order chi connectivity index (χ0) is 13.5. The Bertz CT molecular complexity index is 551. The van der Waals surface area contributed by atoms with Gasteiger partial charge in [-0.3, -0.25) is 9.69 Å². The van der Waals surface area contributed by atoms with Crippen molar-refractivity contribution in [3.63, 3.8) is 0 Å². The highest BCUT2D eigenvalue weighted by molar-refractivity contribution is 8.01. The quantitative estimate of drug-likeness (QED) is 0.727. The van der Waals surface area contributed by atoms with Crippen LogP contribution < -0.4 is 4.90 Å². The molecule has 2 aliphatic rings. The molecule has 2 aliphatic heterocycles. The summed E-state index contributed by atoms with van der Waals surface area (Å²) in [6.45, 7) is 4.35. The van der Waals surface area contributed by atoms with Crippen LogP contribution in [0.3, 0.4) is 0 Å². The third kappa shape index (κ3) is 1.93. The van der Waals surface area contributed by atoms with E-state index >= 15 is 0 Å². The molecular formula is C16H17NOS. The molecule has 0 aromatic heterocycles. The van der Waals surface area contributed by atoms with Crippen molar-refractivity contribution in [2.24, 2.45) is 5.92 Å². The van der Waals surface area contributed by atoms with E-state index in [1.165, 1.54) is 0 Å². The molecule has 0 saturated heterocycles. The molecule has 0 aliphatic carbocycles. The van der Waals surface area contributed by atoms with E-state index in [4.69, 9.17) is 0 Å². The van der Waals surface area contributed by atoms with Crippen LogP contribution >= 0.6 is 11.8 Å². The van der Waals surface area contributed by atoms with Gasteiger partial charge in [-0.25, -0.2) is 0 Å². The van der Waals surface area contributed by atoms with Crippen molar-refractivity contribution < 1.29 is 4.79 Å². The Morgan fingerprint density at radius 3 is 2.63 bits per heavy atom. The predicted octanol–water partition coefficient (Wildman–Crippen LogP) is 3.61. The van der Waals surface area contributed by atoms with E-state index in [2.05, 4.69) is 32.1 Å². The van der Waals surface area contributed by atoms with Gasteiger partial charge in [0.15, 0.2) is 0 Å². The number of anilines is 1. The van der Waals surface area contributed by atoms with Gasteiger partial charge in [0, 0.05) is 22.9 Å². The minimum absolute atomic E-state index is 0.0769. The lowest BCUT2D eigenvalue weighted by atomic mass is 9.98. The summed E-state index contributed by atoms with van der Waals surface area (Å²) in [5.41, 5.74) is 0.972. The van der Waals surface area contributed by atoms with E-state index in [9.17, 15) is 4.79 Å². The van der Waals surface area contributed by atoms with Gasteiger partial charge in [-0.15, -0.1) is 11.8 Å². The van der Waals surface area contributed by atoms with Crippen LogP contribution in [0, 0.1) is 5.92 Å². The fourth-order valence-corrected chi connectivity index (χ4v) is 4.28. The van der Waals surface area contributed by atoms with Gasteiger partial charge in [-0.1, -0.05) is 37.3 Å². The van der Waals surface area contributed by atoms with Gasteiger partial charge < -0.3 is 0 Å². The fourth-order valence-electron chi connectivity index (χ4n) is 2.77. The Morgan fingerprint density at radius 1 is 1.16 bits per heavy atom. The number of carbonyl (C=O) groups excluding carboxylic acids is 1. The lowest BCUT2D eigenvalue weighted by molar-refractivity contribution is -0.114. The number of carbonyl (C=O) groups is 1.